The summed E-state index contributed by atoms with van der Waals surface area (Å²) in [5.41, 5.74) is -0.335. The number of hydrogen-bond donors (Lipinski definition) is 0. The Kier molecular flexibility index (Phi) is 4.46. The molecular weight excluding hydrogens is 340 g/mol. The maximum Gasteiger partial charge on any atom is 0.337 e. The van der Waals surface area contributed by atoms with Crippen molar-refractivity contribution in [3.8, 4) is 11.1 Å². The second kappa shape index (κ2) is 6.73. The largest absolute Gasteiger partial charge is 0.465 e. The Labute approximate surface area is 147 Å². The minimum Gasteiger partial charge on any atom is -0.465 e. The van der Waals surface area contributed by atoms with Gasteiger partial charge in [0.1, 0.15) is 17.9 Å². The molecule has 3 aromatic rings. The molecule has 0 aliphatic rings. The molecule has 3 rings (SSSR count). The van der Waals surface area contributed by atoms with Crippen molar-refractivity contribution >= 4 is 28.7 Å². The van der Waals surface area contributed by atoms with Crippen molar-refractivity contribution in [1.82, 2.24) is 0 Å². The van der Waals surface area contributed by atoms with Crippen molar-refractivity contribution < 1.29 is 23.1 Å². The van der Waals surface area contributed by atoms with Crippen LogP contribution in [0.4, 0.5) is 14.5 Å². The summed E-state index contributed by atoms with van der Waals surface area (Å²) in [6, 6.07) is 9.45. The number of nitrogens with zero attached hydrogens (tertiary/aromatic N) is 1. The molecule has 0 N–H and O–H groups in total. The molecule has 3 aromatic carbocycles. The van der Waals surface area contributed by atoms with Crippen LogP contribution in [0, 0.1) is 18.2 Å². The lowest BCUT2D eigenvalue weighted by molar-refractivity contribution is 0.0601. The number of ether oxygens (including phenoxy) is 1. The van der Waals surface area contributed by atoms with E-state index in [-0.39, 0.29) is 22.4 Å². The van der Waals surface area contributed by atoms with E-state index in [2.05, 4.69) is 9.58 Å². The van der Waals surface area contributed by atoms with E-state index in [1.807, 2.05) is 0 Å². The monoisotopic (exact) mass is 351 g/mol. The number of hydrogen-bond acceptors (Lipinski definition) is 3. The number of fused-ring (bicyclic) bond motifs is 1. The molecular formula is C20H11F2NO3. The van der Waals surface area contributed by atoms with E-state index < -0.39 is 23.2 Å². The number of esters is 1. The number of benzene rings is 3. The van der Waals surface area contributed by atoms with Crippen molar-refractivity contribution in [2.75, 3.05) is 7.11 Å². The average molecular weight is 351 g/mol. The fourth-order valence-corrected chi connectivity index (χ4v) is 2.81. The van der Waals surface area contributed by atoms with Crippen LogP contribution in [0.2, 0.25) is 0 Å². The van der Waals surface area contributed by atoms with Gasteiger partial charge in [0.2, 0.25) is 0 Å². The van der Waals surface area contributed by atoms with Gasteiger partial charge in [-0.25, -0.2) is 18.4 Å². The van der Waals surface area contributed by atoms with E-state index in [1.54, 1.807) is 12.1 Å². The molecule has 6 heteroatoms. The highest BCUT2D eigenvalue weighted by molar-refractivity contribution is 6.06. The first-order valence-electron chi connectivity index (χ1n) is 7.47. The van der Waals surface area contributed by atoms with E-state index in [0.717, 1.165) is 12.1 Å². The van der Waals surface area contributed by atoms with Gasteiger partial charge in [-0.05, 0) is 35.0 Å². The van der Waals surface area contributed by atoms with Crippen molar-refractivity contribution in [3.63, 3.8) is 0 Å². The predicted molar refractivity (Wildman–Crippen MR) is 92.3 cm³/mol. The standard InChI is InChI=1S/C20H11F2NO3/c1-23-17-6-5-12-3-4-13(20(25)26-2)9-14(12)18(17)19-15(21)7-11(10-24)8-16(19)22/h3-10H,2H3. The molecule has 4 nitrogen and oxygen atoms in total. The van der Waals surface area contributed by atoms with Gasteiger partial charge < -0.3 is 4.74 Å². The van der Waals surface area contributed by atoms with E-state index in [4.69, 9.17) is 6.57 Å². The number of rotatable bonds is 3. The number of carbonyl (C=O) groups is 2. The highest BCUT2D eigenvalue weighted by Crippen LogP contribution is 2.40. The Hall–Kier alpha value is -3.59. The van der Waals surface area contributed by atoms with Crippen molar-refractivity contribution in [3.05, 3.63) is 76.6 Å². The molecule has 0 aromatic heterocycles. The molecule has 0 heterocycles. The molecule has 0 radical (unpaired) electrons. The Morgan fingerprint density at radius 3 is 2.31 bits per heavy atom. The second-order valence-corrected chi connectivity index (χ2v) is 5.48. The summed E-state index contributed by atoms with van der Waals surface area (Å²) in [6.45, 7) is 7.34. The average Bonchev–Trinajstić information content (AvgIpc) is 2.66. The molecule has 0 aliphatic carbocycles. The quantitative estimate of drug-likeness (QED) is 0.382. The molecule has 0 saturated heterocycles. The topological polar surface area (TPSA) is 47.7 Å². The van der Waals surface area contributed by atoms with Gasteiger partial charge in [-0.15, -0.1) is 0 Å². The van der Waals surface area contributed by atoms with Crippen LogP contribution >= 0.6 is 0 Å². The Balaban J connectivity index is 2.43. The fraction of sp³-hybridized carbons (Fsp3) is 0.0500. The van der Waals surface area contributed by atoms with Crippen molar-refractivity contribution in [1.29, 1.82) is 0 Å². The highest BCUT2D eigenvalue weighted by Gasteiger charge is 2.20. The smallest absolute Gasteiger partial charge is 0.337 e. The molecule has 0 bridgehead atoms. The Bertz CT molecular complexity index is 1080. The van der Waals surface area contributed by atoms with Gasteiger partial charge in [0.25, 0.3) is 0 Å². The van der Waals surface area contributed by atoms with Gasteiger partial charge >= 0.3 is 5.97 Å². The highest BCUT2D eigenvalue weighted by atomic mass is 19.1. The summed E-state index contributed by atoms with van der Waals surface area (Å²) in [6.07, 6.45) is 0.337. The molecule has 0 atom stereocenters. The molecule has 0 amide bonds. The number of carbonyl (C=O) groups excluding carboxylic acids is 2. The van der Waals surface area contributed by atoms with Gasteiger partial charge in [0.15, 0.2) is 5.69 Å². The lowest BCUT2D eigenvalue weighted by atomic mass is 9.93. The Morgan fingerprint density at radius 2 is 1.73 bits per heavy atom. The van der Waals surface area contributed by atoms with Crippen LogP contribution in [0.25, 0.3) is 26.7 Å². The molecule has 0 spiro atoms. The summed E-state index contributed by atoms with van der Waals surface area (Å²) in [7, 11) is 1.22. The first kappa shape index (κ1) is 17.2. The molecule has 0 saturated carbocycles. The molecule has 0 aliphatic heterocycles. The zero-order chi connectivity index (χ0) is 18.8. The van der Waals surface area contributed by atoms with Crippen LogP contribution in [0.1, 0.15) is 20.7 Å². The number of halogens is 2. The van der Waals surface area contributed by atoms with Gasteiger partial charge in [-0.2, -0.15) is 0 Å². The van der Waals surface area contributed by atoms with Gasteiger partial charge in [-0.3, -0.25) is 4.79 Å². The van der Waals surface area contributed by atoms with Crippen LogP contribution < -0.4 is 0 Å². The second-order valence-electron chi connectivity index (χ2n) is 5.48. The number of aldehydes is 1. The third-order valence-electron chi connectivity index (χ3n) is 3.99. The molecule has 128 valence electrons. The minimum absolute atomic E-state index is 0.0238. The lowest BCUT2D eigenvalue weighted by Crippen LogP contribution is -2.01. The zero-order valence-electron chi connectivity index (χ0n) is 13.5. The van der Waals surface area contributed by atoms with Crippen LogP contribution in [-0.4, -0.2) is 19.4 Å². The SMILES string of the molecule is [C-]#[N+]c1ccc2ccc(C(=O)OC)cc2c1-c1c(F)cc(C=O)cc1F. The van der Waals surface area contributed by atoms with Crippen molar-refractivity contribution in [2.45, 2.75) is 0 Å². The summed E-state index contributed by atoms with van der Waals surface area (Å²) < 4.78 is 33.8. The van der Waals surface area contributed by atoms with Gasteiger partial charge in [0.05, 0.1) is 19.2 Å². The van der Waals surface area contributed by atoms with Crippen molar-refractivity contribution in [2.24, 2.45) is 0 Å². The minimum atomic E-state index is -0.965. The molecule has 0 fully saturated rings. The number of methoxy groups -OCH3 is 1. The van der Waals surface area contributed by atoms with Gasteiger partial charge in [-0.1, -0.05) is 18.2 Å². The fourth-order valence-electron chi connectivity index (χ4n) is 2.81. The van der Waals surface area contributed by atoms with E-state index in [9.17, 15) is 18.4 Å². The maximum absolute atomic E-state index is 14.6. The van der Waals surface area contributed by atoms with Gasteiger partial charge in [0, 0.05) is 16.7 Å². The summed E-state index contributed by atoms with van der Waals surface area (Å²) in [5.74, 6) is -2.54. The van der Waals surface area contributed by atoms with Crippen LogP contribution in [0.5, 0.6) is 0 Å². The molecule has 26 heavy (non-hydrogen) atoms. The summed E-state index contributed by atoms with van der Waals surface area (Å²) in [4.78, 5) is 26.0. The van der Waals surface area contributed by atoms with Crippen LogP contribution in [0.3, 0.4) is 0 Å². The predicted octanol–water partition coefficient (Wildman–Crippen LogP) is 4.93. The lowest BCUT2D eigenvalue weighted by Gasteiger charge is -2.13. The van der Waals surface area contributed by atoms with E-state index in [0.29, 0.717) is 17.1 Å². The van der Waals surface area contributed by atoms with Crippen LogP contribution in [0.15, 0.2) is 42.5 Å². The summed E-state index contributed by atoms with van der Waals surface area (Å²) in [5, 5.41) is 0.927. The first-order valence-corrected chi connectivity index (χ1v) is 7.47. The van der Waals surface area contributed by atoms with E-state index >= 15 is 0 Å². The zero-order valence-corrected chi connectivity index (χ0v) is 13.5. The Morgan fingerprint density at radius 1 is 1.08 bits per heavy atom. The third kappa shape index (κ3) is 2.80. The summed E-state index contributed by atoms with van der Waals surface area (Å²) >= 11 is 0. The van der Waals surface area contributed by atoms with Crippen LogP contribution in [-0.2, 0) is 4.74 Å². The third-order valence-corrected chi connectivity index (χ3v) is 3.99. The molecule has 0 unspecified atom stereocenters. The van der Waals surface area contributed by atoms with E-state index in [1.165, 1.54) is 25.3 Å². The maximum atomic E-state index is 14.6. The first-order chi connectivity index (χ1) is 12.5. The normalized spacial score (nSPS) is 10.4.